The topological polar surface area (TPSA) is 213 Å². The van der Waals surface area contributed by atoms with Crippen LogP contribution in [0.2, 0.25) is 5.02 Å². The first-order chi connectivity index (χ1) is 17.0. The maximum absolute atomic E-state index is 8.63. The molecule has 0 amide bonds. The van der Waals surface area contributed by atoms with Gasteiger partial charge in [0.15, 0.2) is 0 Å². The third-order valence-electron chi connectivity index (χ3n) is 5.22. The van der Waals surface area contributed by atoms with E-state index >= 15 is 0 Å². The second-order valence-corrected chi connectivity index (χ2v) is 10.1. The molecule has 0 bridgehead atoms. The van der Waals surface area contributed by atoms with Gasteiger partial charge < -0.3 is 25.5 Å². The Hall–Kier alpha value is -2.59. The molecule has 2 aromatic carbocycles. The van der Waals surface area contributed by atoms with E-state index in [-0.39, 0.29) is 5.41 Å². The molecule has 14 heteroatoms. The van der Waals surface area contributed by atoms with Crippen LogP contribution in [0.1, 0.15) is 11.1 Å². The molecule has 0 unspecified atom stereocenters. The number of rotatable bonds is 5. The lowest BCUT2D eigenvalue weighted by Gasteiger charge is -2.24. The summed E-state index contributed by atoms with van der Waals surface area (Å²) in [5.74, 6) is 0. The van der Waals surface area contributed by atoms with E-state index in [1.165, 1.54) is 5.69 Å². The molecule has 0 saturated carbocycles. The van der Waals surface area contributed by atoms with Crippen LogP contribution < -0.4 is 16.4 Å². The van der Waals surface area contributed by atoms with Gasteiger partial charge in [0, 0.05) is 30.4 Å². The van der Waals surface area contributed by atoms with E-state index in [1.54, 1.807) is 0 Å². The molecule has 0 fully saturated rings. The molecule has 3 rings (SSSR count). The molecule has 0 saturated heterocycles. The molecule has 37 heavy (non-hydrogen) atoms. The number of hydrogen-bond acceptors (Lipinski definition) is 7. The molecule has 0 atom stereocenters. The molecule has 1 aliphatic carbocycles. The van der Waals surface area contributed by atoms with Crippen LogP contribution >= 0.6 is 11.6 Å². The van der Waals surface area contributed by atoms with Gasteiger partial charge in [0.05, 0.1) is 13.1 Å². The highest BCUT2D eigenvalue weighted by Gasteiger charge is 2.28. The van der Waals surface area contributed by atoms with Crippen molar-refractivity contribution in [2.24, 2.45) is 5.41 Å². The summed E-state index contributed by atoms with van der Waals surface area (Å²) in [5.41, 5.74) is 13.8. The fourth-order valence-corrected chi connectivity index (χ4v) is 3.55. The SMILES string of the molecule is CN(C)c1ccc(C(=C2C=CC(C[NH3+])(C[NH3+])C=C2)c2ccccc2Cl)cc1.O=S(=O)([O-])O.O=S(=O)([O-])O. The van der Waals surface area contributed by atoms with Crippen LogP contribution in [0.3, 0.4) is 0 Å². The van der Waals surface area contributed by atoms with Crippen molar-refractivity contribution in [2.75, 3.05) is 32.1 Å². The summed E-state index contributed by atoms with van der Waals surface area (Å²) in [6.07, 6.45) is 8.84. The lowest BCUT2D eigenvalue weighted by Crippen LogP contribution is -2.66. The van der Waals surface area contributed by atoms with Crippen LogP contribution in [-0.4, -0.2) is 62.2 Å². The average molecular weight is 576 g/mol. The third-order valence-corrected chi connectivity index (χ3v) is 5.55. The first-order valence-electron chi connectivity index (χ1n) is 10.6. The Balaban J connectivity index is 0.000000583. The van der Waals surface area contributed by atoms with Gasteiger partial charge in [-0.1, -0.05) is 66.2 Å². The molecule has 0 spiro atoms. The van der Waals surface area contributed by atoms with Crippen molar-refractivity contribution in [3.05, 3.63) is 94.6 Å². The summed E-state index contributed by atoms with van der Waals surface area (Å²) < 4.78 is 65.7. The summed E-state index contributed by atoms with van der Waals surface area (Å²) in [6, 6.07) is 16.6. The number of hydrogen-bond donors (Lipinski definition) is 4. The van der Waals surface area contributed by atoms with Gasteiger partial charge in [-0.05, 0) is 34.9 Å². The minimum Gasteiger partial charge on any atom is -0.726 e. The molecule has 2 aromatic rings. The van der Waals surface area contributed by atoms with Crippen molar-refractivity contribution in [3.63, 3.8) is 0 Å². The number of nitrogens with zero attached hydrogens (tertiary/aromatic N) is 1. The lowest BCUT2D eigenvalue weighted by molar-refractivity contribution is -0.429. The highest BCUT2D eigenvalue weighted by Crippen LogP contribution is 2.36. The highest BCUT2D eigenvalue weighted by atomic mass is 35.5. The molecular weight excluding hydrogens is 546 g/mol. The van der Waals surface area contributed by atoms with Crippen LogP contribution in [0.5, 0.6) is 0 Å². The third kappa shape index (κ3) is 12.0. The number of halogens is 1. The Morgan fingerprint density at radius 1 is 0.892 bits per heavy atom. The zero-order valence-electron chi connectivity index (χ0n) is 20.2. The molecule has 1 aliphatic rings. The first kappa shape index (κ1) is 32.4. The molecule has 0 aromatic heterocycles. The van der Waals surface area contributed by atoms with Crippen LogP contribution in [0.25, 0.3) is 5.57 Å². The van der Waals surface area contributed by atoms with Crippen LogP contribution in [0.4, 0.5) is 5.69 Å². The monoisotopic (exact) mass is 575 g/mol. The summed E-state index contributed by atoms with van der Waals surface area (Å²) in [6.45, 7) is 1.60. The molecule has 0 aliphatic heterocycles. The van der Waals surface area contributed by atoms with Gasteiger partial charge in [-0.3, -0.25) is 9.11 Å². The standard InChI is InChI=1S/C23H26ClN3.2H2O4S/c1-27(2)19-9-7-17(8-10-19)22(20-5-3-4-6-21(20)24)18-11-13-23(15-25,16-26)14-12-18;2*1-5(2,3)4/h3-14H,15-16,25-26H2,1-2H3;2*(H2,1,2,3,4). The Morgan fingerprint density at radius 2 is 1.32 bits per heavy atom. The van der Waals surface area contributed by atoms with Crippen molar-refractivity contribution >= 4 is 43.7 Å². The summed E-state index contributed by atoms with van der Waals surface area (Å²) >= 11 is 6.57. The Morgan fingerprint density at radius 3 is 1.70 bits per heavy atom. The average Bonchev–Trinajstić information content (AvgIpc) is 2.79. The number of anilines is 1. The first-order valence-corrected chi connectivity index (χ1v) is 13.7. The predicted molar refractivity (Wildman–Crippen MR) is 139 cm³/mol. The van der Waals surface area contributed by atoms with E-state index < -0.39 is 20.8 Å². The fraction of sp³-hybridized carbons (Fsp3) is 0.217. The molecule has 8 N–H and O–H groups in total. The fourth-order valence-electron chi connectivity index (χ4n) is 3.32. The lowest BCUT2D eigenvalue weighted by atomic mass is 9.81. The quantitative estimate of drug-likeness (QED) is 0.293. The summed E-state index contributed by atoms with van der Waals surface area (Å²) in [5, 5.41) is 0.754. The maximum Gasteiger partial charge on any atom is 0.215 e. The predicted octanol–water partition coefficient (Wildman–Crippen LogP) is 0.813. The number of benzene rings is 2. The van der Waals surface area contributed by atoms with Gasteiger partial charge >= 0.3 is 0 Å². The largest absolute Gasteiger partial charge is 0.726 e. The van der Waals surface area contributed by atoms with E-state index in [0.717, 1.165) is 40.4 Å². The highest BCUT2D eigenvalue weighted by molar-refractivity contribution is 7.80. The van der Waals surface area contributed by atoms with E-state index in [1.807, 2.05) is 32.3 Å². The van der Waals surface area contributed by atoms with Crippen LogP contribution in [0, 0.1) is 5.41 Å². The molecule has 11 nitrogen and oxygen atoms in total. The Labute approximate surface area is 221 Å². The minimum atomic E-state index is -4.92. The van der Waals surface area contributed by atoms with Crippen molar-refractivity contribution in [3.8, 4) is 0 Å². The van der Waals surface area contributed by atoms with Crippen molar-refractivity contribution in [1.29, 1.82) is 0 Å². The summed E-state index contributed by atoms with van der Waals surface area (Å²) in [7, 11) is -5.74. The molecular formula is C23H30ClN3O8S2. The van der Waals surface area contributed by atoms with Gasteiger partial charge in [0.2, 0.25) is 20.8 Å². The van der Waals surface area contributed by atoms with E-state index in [9.17, 15) is 0 Å². The normalized spacial score (nSPS) is 14.1. The van der Waals surface area contributed by atoms with Crippen LogP contribution in [0.15, 0.2) is 78.4 Å². The van der Waals surface area contributed by atoms with E-state index in [4.69, 9.17) is 46.6 Å². The smallest absolute Gasteiger partial charge is 0.215 e. The van der Waals surface area contributed by atoms with Gasteiger partial charge in [0.25, 0.3) is 0 Å². The molecule has 0 radical (unpaired) electrons. The van der Waals surface area contributed by atoms with Crippen LogP contribution in [-0.2, 0) is 20.8 Å². The van der Waals surface area contributed by atoms with Crippen molar-refractivity contribution in [1.82, 2.24) is 0 Å². The zero-order chi connectivity index (χ0) is 28.4. The van der Waals surface area contributed by atoms with Crippen molar-refractivity contribution in [2.45, 2.75) is 0 Å². The van der Waals surface area contributed by atoms with Gasteiger partial charge in [0.1, 0.15) is 5.41 Å². The molecule has 0 heterocycles. The number of allylic oxidation sites excluding steroid dienone is 3. The number of quaternary nitrogens is 2. The Kier molecular flexibility index (Phi) is 12.1. The van der Waals surface area contributed by atoms with Gasteiger partial charge in [-0.25, -0.2) is 16.8 Å². The second kappa shape index (κ2) is 13.8. The van der Waals surface area contributed by atoms with Crippen molar-refractivity contribution < 1.29 is 46.5 Å². The van der Waals surface area contributed by atoms with E-state index in [2.05, 4.69) is 71.0 Å². The Bertz CT molecular complexity index is 1290. The van der Waals surface area contributed by atoms with Gasteiger partial charge in [-0.15, -0.1) is 0 Å². The van der Waals surface area contributed by atoms with Gasteiger partial charge in [-0.2, -0.15) is 0 Å². The second-order valence-electron chi connectivity index (χ2n) is 8.01. The van der Waals surface area contributed by atoms with E-state index in [0.29, 0.717) is 0 Å². The summed E-state index contributed by atoms with van der Waals surface area (Å²) in [4.78, 5) is 2.10. The maximum atomic E-state index is 8.63. The minimum absolute atomic E-state index is 0.0517. The molecule has 204 valence electrons. The zero-order valence-corrected chi connectivity index (χ0v) is 22.6.